The smallest absolute Gasteiger partial charge is 0.278 e. The second-order valence-corrected chi connectivity index (χ2v) is 8.67. The predicted octanol–water partition coefficient (Wildman–Crippen LogP) is 5.66. The van der Waals surface area contributed by atoms with Crippen LogP contribution in [0.15, 0.2) is 42.1 Å². The summed E-state index contributed by atoms with van der Waals surface area (Å²) in [5.41, 5.74) is 5.19. The second-order valence-electron chi connectivity index (χ2n) is 8.23. The molecule has 0 unspecified atom stereocenters. The lowest BCUT2D eigenvalue weighted by atomic mass is 9.97. The van der Waals surface area contributed by atoms with Crippen molar-refractivity contribution in [2.24, 2.45) is 0 Å². The lowest BCUT2D eigenvalue weighted by molar-refractivity contribution is -0.137. The SMILES string of the molecule is CCCCOCCCN1C(=O)C(Nc2ccc(Cl)cc2C)=C(c2ccc(C)cc2C)C1=O. The van der Waals surface area contributed by atoms with Crippen molar-refractivity contribution in [3.05, 3.63) is 69.4 Å². The van der Waals surface area contributed by atoms with Gasteiger partial charge in [0, 0.05) is 30.5 Å². The molecule has 0 atom stereocenters. The van der Waals surface area contributed by atoms with Gasteiger partial charge in [-0.2, -0.15) is 0 Å². The zero-order valence-corrected chi connectivity index (χ0v) is 20.0. The van der Waals surface area contributed by atoms with Gasteiger partial charge >= 0.3 is 0 Å². The molecule has 0 bridgehead atoms. The van der Waals surface area contributed by atoms with Crippen LogP contribution in [0.4, 0.5) is 5.69 Å². The van der Waals surface area contributed by atoms with Gasteiger partial charge in [-0.25, -0.2) is 0 Å². The summed E-state index contributed by atoms with van der Waals surface area (Å²) < 4.78 is 5.61. The average Bonchev–Trinajstić information content (AvgIpc) is 2.96. The molecule has 1 heterocycles. The Kier molecular flexibility index (Phi) is 8.10. The number of nitrogens with zero attached hydrogens (tertiary/aromatic N) is 1. The van der Waals surface area contributed by atoms with Crippen LogP contribution in [0.5, 0.6) is 0 Å². The number of imide groups is 1. The van der Waals surface area contributed by atoms with Gasteiger partial charge in [0.15, 0.2) is 0 Å². The minimum absolute atomic E-state index is 0.273. The Morgan fingerprint density at radius 3 is 2.38 bits per heavy atom. The standard InChI is InChI=1S/C26H31ClN2O3/c1-5-6-13-32-14-7-12-29-25(30)23(21-10-8-17(2)15-18(21)3)24(26(29)31)28-22-11-9-20(27)16-19(22)4/h8-11,15-16,28H,5-7,12-14H2,1-4H3. The lowest BCUT2D eigenvalue weighted by Gasteiger charge is -2.16. The van der Waals surface area contributed by atoms with E-state index in [1.54, 1.807) is 6.07 Å². The van der Waals surface area contributed by atoms with E-state index in [1.807, 2.05) is 51.1 Å². The highest BCUT2D eigenvalue weighted by atomic mass is 35.5. The van der Waals surface area contributed by atoms with Crippen LogP contribution < -0.4 is 5.32 Å². The van der Waals surface area contributed by atoms with E-state index in [0.29, 0.717) is 42.5 Å². The third-order valence-corrected chi connectivity index (χ3v) is 5.82. The molecule has 3 rings (SSSR count). The third-order valence-electron chi connectivity index (χ3n) is 5.58. The van der Waals surface area contributed by atoms with Gasteiger partial charge in [-0.1, -0.05) is 48.7 Å². The Morgan fingerprint density at radius 1 is 0.938 bits per heavy atom. The first-order valence-electron chi connectivity index (χ1n) is 11.1. The number of nitrogens with one attached hydrogen (secondary N) is 1. The van der Waals surface area contributed by atoms with E-state index in [-0.39, 0.29) is 11.8 Å². The zero-order chi connectivity index (χ0) is 23.3. The number of unbranched alkanes of at least 4 members (excludes halogenated alkanes) is 1. The van der Waals surface area contributed by atoms with Crippen LogP contribution >= 0.6 is 11.6 Å². The maximum atomic E-state index is 13.4. The molecule has 5 nitrogen and oxygen atoms in total. The van der Waals surface area contributed by atoms with Gasteiger partial charge in [-0.15, -0.1) is 0 Å². The van der Waals surface area contributed by atoms with Crippen molar-refractivity contribution in [2.75, 3.05) is 25.1 Å². The quantitative estimate of drug-likeness (QED) is 0.371. The number of rotatable bonds is 10. The van der Waals surface area contributed by atoms with Gasteiger partial charge in [0.25, 0.3) is 11.8 Å². The first-order valence-corrected chi connectivity index (χ1v) is 11.5. The third kappa shape index (κ3) is 5.40. The molecule has 6 heteroatoms. The summed E-state index contributed by atoms with van der Waals surface area (Å²) >= 11 is 6.09. The number of carbonyl (C=O) groups is 2. The van der Waals surface area contributed by atoms with Crippen molar-refractivity contribution in [1.82, 2.24) is 4.90 Å². The molecule has 1 aliphatic rings. The van der Waals surface area contributed by atoms with Crippen LogP contribution in [-0.2, 0) is 14.3 Å². The number of hydrogen-bond donors (Lipinski definition) is 1. The molecule has 0 spiro atoms. The zero-order valence-electron chi connectivity index (χ0n) is 19.3. The molecule has 0 aliphatic carbocycles. The fourth-order valence-corrected chi connectivity index (χ4v) is 4.04. The average molecular weight is 455 g/mol. The second kappa shape index (κ2) is 10.8. The molecule has 1 aliphatic heterocycles. The highest BCUT2D eigenvalue weighted by molar-refractivity contribution is 6.36. The Balaban J connectivity index is 1.90. The first-order chi connectivity index (χ1) is 15.3. The predicted molar refractivity (Wildman–Crippen MR) is 130 cm³/mol. The number of hydrogen-bond acceptors (Lipinski definition) is 4. The van der Waals surface area contributed by atoms with Gasteiger partial charge < -0.3 is 10.1 Å². The number of aryl methyl sites for hydroxylation is 3. The summed E-state index contributed by atoms with van der Waals surface area (Å²) in [6.07, 6.45) is 2.69. The lowest BCUT2D eigenvalue weighted by Crippen LogP contribution is -2.34. The van der Waals surface area contributed by atoms with E-state index in [0.717, 1.165) is 40.8 Å². The monoisotopic (exact) mass is 454 g/mol. The van der Waals surface area contributed by atoms with E-state index in [1.165, 1.54) is 4.90 Å². The summed E-state index contributed by atoms with van der Waals surface area (Å²) in [7, 11) is 0. The minimum Gasteiger partial charge on any atom is -0.381 e. The van der Waals surface area contributed by atoms with Crippen molar-refractivity contribution in [2.45, 2.75) is 47.0 Å². The molecule has 2 amide bonds. The fourth-order valence-electron chi connectivity index (χ4n) is 3.81. The Bertz CT molecular complexity index is 1050. The number of ether oxygens (including phenoxy) is 1. The molecule has 2 aromatic carbocycles. The van der Waals surface area contributed by atoms with Crippen molar-refractivity contribution < 1.29 is 14.3 Å². The molecule has 0 fully saturated rings. The van der Waals surface area contributed by atoms with Crippen LogP contribution in [0, 0.1) is 20.8 Å². The summed E-state index contributed by atoms with van der Waals surface area (Å²) in [4.78, 5) is 28.1. The van der Waals surface area contributed by atoms with Crippen LogP contribution in [0.25, 0.3) is 5.57 Å². The fraction of sp³-hybridized carbons (Fsp3) is 0.385. The summed E-state index contributed by atoms with van der Waals surface area (Å²) in [5, 5.41) is 3.85. The van der Waals surface area contributed by atoms with E-state index in [2.05, 4.69) is 12.2 Å². The molecule has 0 saturated carbocycles. The van der Waals surface area contributed by atoms with Gasteiger partial charge in [0.2, 0.25) is 0 Å². The highest BCUT2D eigenvalue weighted by Gasteiger charge is 2.39. The molecule has 0 radical (unpaired) electrons. The van der Waals surface area contributed by atoms with Crippen LogP contribution in [0.2, 0.25) is 5.02 Å². The van der Waals surface area contributed by atoms with Crippen LogP contribution in [0.1, 0.15) is 48.4 Å². The molecule has 32 heavy (non-hydrogen) atoms. The maximum absolute atomic E-state index is 13.4. The Morgan fingerprint density at radius 2 is 1.69 bits per heavy atom. The normalized spacial score (nSPS) is 14.0. The van der Waals surface area contributed by atoms with E-state index in [9.17, 15) is 9.59 Å². The molecule has 0 aromatic heterocycles. The number of amides is 2. The molecule has 170 valence electrons. The number of carbonyl (C=O) groups excluding carboxylic acids is 2. The largest absolute Gasteiger partial charge is 0.381 e. The van der Waals surface area contributed by atoms with Gasteiger partial charge in [0.1, 0.15) is 5.70 Å². The summed E-state index contributed by atoms with van der Waals surface area (Å²) in [5.74, 6) is -0.586. The Hall–Kier alpha value is -2.63. The van der Waals surface area contributed by atoms with Gasteiger partial charge in [-0.05, 0) is 68.5 Å². The number of benzene rings is 2. The van der Waals surface area contributed by atoms with Crippen molar-refractivity contribution in [1.29, 1.82) is 0 Å². The van der Waals surface area contributed by atoms with E-state index < -0.39 is 0 Å². The Labute approximate surface area is 195 Å². The topological polar surface area (TPSA) is 58.6 Å². The minimum atomic E-state index is -0.312. The molecule has 2 aromatic rings. The van der Waals surface area contributed by atoms with Crippen LogP contribution in [-0.4, -0.2) is 36.5 Å². The molecule has 0 saturated heterocycles. The number of halogens is 1. The molecular formula is C26H31ClN2O3. The molecule has 1 N–H and O–H groups in total. The van der Waals surface area contributed by atoms with E-state index >= 15 is 0 Å². The van der Waals surface area contributed by atoms with Crippen LogP contribution in [0.3, 0.4) is 0 Å². The van der Waals surface area contributed by atoms with Crippen molar-refractivity contribution >= 4 is 34.7 Å². The van der Waals surface area contributed by atoms with Gasteiger partial charge in [0.05, 0.1) is 5.57 Å². The van der Waals surface area contributed by atoms with Crippen molar-refractivity contribution in [3.63, 3.8) is 0 Å². The van der Waals surface area contributed by atoms with E-state index in [4.69, 9.17) is 16.3 Å². The molecular weight excluding hydrogens is 424 g/mol. The maximum Gasteiger partial charge on any atom is 0.278 e. The number of anilines is 1. The first kappa shape index (κ1) is 24.0. The summed E-state index contributed by atoms with van der Waals surface area (Å²) in [6.45, 7) is 9.54. The highest BCUT2D eigenvalue weighted by Crippen LogP contribution is 2.33. The van der Waals surface area contributed by atoms with Gasteiger partial charge in [-0.3, -0.25) is 14.5 Å². The van der Waals surface area contributed by atoms with Crippen molar-refractivity contribution in [3.8, 4) is 0 Å². The summed E-state index contributed by atoms with van der Waals surface area (Å²) in [6, 6.07) is 11.3.